The van der Waals surface area contributed by atoms with Crippen LogP contribution < -0.4 is 10.6 Å². The van der Waals surface area contributed by atoms with Gasteiger partial charge in [0.15, 0.2) is 5.82 Å². The minimum atomic E-state index is -0.711. The molecular weight excluding hydrogens is 284 g/mol. The Bertz CT molecular complexity index is 858. The maximum Gasteiger partial charge on any atom is 0.268 e. The van der Waals surface area contributed by atoms with Gasteiger partial charge in [0.1, 0.15) is 17.4 Å². The molecule has 2 heterocycles. The lowest BCUT2D eigenvalue weighted by Gasteiger charge is -2.03. The molecular formula is C15H10N4O3. The molecule has 0 aliphatic carbocycles. The standard InChI is InChI=1S/C15H10N4O3/c1-8-6-12(19-22-8)18-14(20)10(7-16)13-9-4-2-3-5-11(9)17-15(13)21/h2-6H,1H3,(H,17,21)(H,18,19,20). The van der Waals surface area contributed by atoms with Crippen LogP contribution in [0.4, 0.5) is 11.5 Å². The number of hydrogen-bond donors (Lipinski definition) is 2. The molecule has 1 aliphatic rings. The molecule has 0 unspecified atom stereocenters. The van der Waals surface area contributed by atoms with Crippen LogP contribution in [-0.2, 0) is 9.59 Å². The largest absolute Gasteiger partial charge is 0.360 e. The number of aromatic nitrogens is 1. The minimum absolute atomic E-state index is 0.0517. The van der Waals surface area contributed by atoms with Crippen LogP contribution in [0.25, 0.3) is 5.57 Å². The van der Waals surface area contributed by atoms with Crippen LogP contribution in [0.15, 0.2) is 40.4 Å². The van der Waals surface area contributed by atoms with Gasteiger partial charge in [-0.3, -0.25) is 9.59 Å². The van der Waals surface area contributed by atoms with E-state index in [2.05, 4.69) is 15.8 Å². The molecule has 108 valence electrons. The number of hydrogen-bond acceptors (Lipinski definition) is 5. The van der Waals surface area contributed by atoms with Crippen molar-refractivity contribution >= 4 is 28.9 Å². The Balaban J connectivity index is 2.01. The lowest BCUT2D eigenvalue weighted by molar-refractivity contribution is -0.113. The Morgan fingerprint density at radius 2 is 2.18 bits per heavy atom. The number of nitriles is 1. The lowest BCUT2D eigenvalue weighted by atomic mass is 10.0. The highest BCUT2D eigenvalue weighted by atomic mass is 16.5. The third-order valence-corrected chi connectivity index (χ3v) is 3.13. The second-order valence-electron chi connectivity index (χ2n) is 4.64. The van der Waals surface area contributed by atoms with Crippen LogP contribution in [-0.4, -0.2) is 17.0 Å². The molecule has 22 heavy (non-hydrogen) atoms. The van der Waals surface area contributed by atoms with Gasteiger partial charge in [0.05, 0.1) is 5.57 Å². The molecule has 0 saturated carbocycles. The molecule has 2 amide bonds. The predicted octanol–water partition coefficient (Wildman–Crippen LogP) is 1.85. The fraction of sp³-hybridized carbons (Fsp3) is 0.0667. The topological polar surface area (TPSA) is 108 Å². The highest BCUT2D eigenvalue weighted by Crippen LogP contribution is 2.33. The third kappa shape index (κ3) is 2.23. The van der Waals surface area contributed by atoms with E-state index in [1.165, 1.54) is 6.07 Å². The van der Waals surface area contributed by atoms with Crippen LogP contribution in [0.3, 0.4) is 0 Å². The minimum Gasteiger partial charge on any atom is -0.360 e. The highest BCUT2D eigenvalue weighted by molar-refractivity contribution is 6.37. The van der Waals surface area contributed by atoms with Crippen LogP contribution in [0, 0.1) is 18.3 Å². The van der Waals surface area contributed by atoms with Crippen LogP contribution in [0.5, 0.6) is 0 Å². The third-order valence-electron chi connectivity index (χ3n) is 3.13. The van der Waals surface area contributed by atoms with Crippen molar-refractivity contribution in [2.75, 3.05) is 10.6 Å². The molecule has 0 bridgehead atoms. The summed E-state index contributed by atoms with van der Waals surface area (Å²) in [5, 5.41) is 18.0. The Labute approximate surface area is 125 Å². The molecule has 7 heteroatoms. The van der Waals surface area contributed by atoms with Gasteiger partial charge in [-0.1, -0.05) is 23.4 Å². The highest BCUT2D eigenvalue weighted by Gasteiger charge is 2.30. The number of benzene rings is 1. The van der Waals surface area contributed by atoms with E-state index < -0.39 is 11.8 Å². The summed E-state index contributed by atoms with van der Waals surface area (Å²) in [7, 11) is 0. The van der Waals surface area contributed by atoms with Crippen LogP contribution >= 0.6 is 0 Å². The first-order valence-corrected chi connectivity index (χ1v) is 6.40. The van der Waals surface area contributed by atoms with Gasteiger partial charge in [0.25, 0.3) is 11.8 Å². The Morgan fingerprint density at radius 1 is 1.41 bits per heavy atom. The van der Waals surface area contributed by atoms with Gasteiger partial charge in [-0.2, -0.15) is 5.26 Å². The number of nitrogens with zero attached hydrogens (tertiary/aromatic N) is 2. The molecule has 1 aromatic heterocycles. The van der Waals surface area contributed by atoms with E-state index in [1.807, 2.05) is 0 Å². The van der Waals surface area contributed by atoms with Gasteiger partial charge in [-0.25, -0.2) is 0 Å². The van der Waals surface area contributed by atoms with Gasteiger partial charge >= 0.3 is 0 Å². The van der Waals surface area contributed by atoms with Crippen molar-refractivity contribution in [1.82, 2.24) is 5.16 Å². The fourth-order valence-electron chi connectivity index (χ4n) is 2.19. The number of fused-ring (bicyclic) bond motifs is 1. The first-order valence-electron chi connectivity index (χ1n) is 6.40. The number of amides is 2. The molecule has 0 saturated heterocycles. The number of aryl methyl sites for hydroxylation is 1. The molecule has 0 fully saturated rings. The first-order chi connectivity index (χ1) is 10.6. The quantitative estimate of drug-likeness (QED) is 0.649. The zero-order chi connectivity index (χ0) is 15.7. The molecule has 3 rings (SSSR count). The fourth-order valence-corrected chi connectivity index (χ4v) is 2.19. The van der Waals surface area contributed by atoms with E-state index in [4.69, 9.17) is 4.52 Å². The van der Waals surface area contributed by atoms with Gasteiger partial charge in [0, 0.05) is 17.3 Å². The van der Waals surface area contributed by atoms with Crippen LogP contribution in [0.1, 0.15) is 11.3 Å². The maximum atomic E-state index is 12.2. The van der Waals surface area contributed by atoms with Gasteiger partial charge in [-0.05, 0) is 13.0 Å². The summed E-state index contributed by atoms with van der Waals surface area (Å²) in [5.74, 6) is -0.491. The number of carbonyl (C=O) groups excluding carboxylic acids is 2. The summed E-state index contributed by atoms with van der Waals surface area (Å²) in [6.45, 7) is 1.67. The van der Waals surface area contributed by atoms with E-state index in [-0.39, 0.29) is 17.0 Å². The monoisotopic (exact) mass is 294 g/mol. The van der Waals surface area contributed by atoms with Crippen molar-refractivity contribution in [1.29, 1.82) is 5.26 Å². The van der Waals surface area contributed by atoms with Gasteiger partial charge < -0.3 is 15.2 Å². The van der Waals surface area contributed by atoms with Crippen molar-refractivity contribution in [2.45, 2.75) is 6.92 Å². The molecule has 0 radical (unpaired) electrons. The summed E-state index contributed by atoms with van der Waals surface area (Å²) in [5.41, 5.74) is 0.870. The molecule has 1 aliphatic heterocycles. The molecule has 0 spiro atoms. The predicted molar refractivity (Wildman–Crippen MR) is 77.5 cm³/mol. The summed E-state index contributed by atoms with van der Waals surface area (Å²) in [6.07, 6.45) is 0. The van der Waals surface area contributed by atoms with E-state index in [0.717, 1.165) is 0 Å². The number of nitrogens with one attached hydrogen (secondary N) is 2. The summed E-state index contributed by atoms with van der Waals surface area (Å²) < 4.78 is 4.84. The first kappa shape index (κ1) is 13.6. The van der Waals surface area contributed by atoms with Crippen molar-refractivity contribution in [3.05, 3.63) is 47.2 Å². The van der Waals surface area contributed by atoms with Crippen molar-refractivity contribution < 1.29 is 14.1 Å². The van der Waals surface area contributed by atoms with Crippen molar-refractivity contribution in [3.8, 4) is 6.07 Å². The second kappa shape index (κ2) is 5.18. The normalized spacial score (nSPS) is 14.8. The molecule has 0 atom stereocenters. The second-order valence-corrected chi connectivity index (χ2v) is 4.64. The Morgan fingerprint density at radius 3 is 2.86 bits per heavy atom. The average molecular weight is 294 g/mol. The zero-order valence-corrected chi connectivity index (χ0v) is 11.5. The van der Waals surface area contributed by atoms with E-state index in [0.29, 0.717) is 17.0 Å². The van der Waals surface area contributed by atoms with E-state index in [1.54, 1.807) is 37.3 Å². The molecule has 2 N–H and O–H groups in total. The molecule has 7 nitrogen and oxygen atoms in total. The van der Waals surface area contributed by atoms with Crippen molar-refractivity contribution in [2.24, 2.45) is 0 Å². The average Bonchev–Trinajstić information content (AvgIpc) is 3.04. The summed E-state index contributed by atoms with van der Waals surface area (Å²) >= 11 is 0. The molecule has 2 aromatic rings. The molecule has 1 aromatic carbocycles. The van der Waals surface area contributed by atoms with Gasteiger partial charge in [-0.15, -0.1) is 0 Å². The number of carbonyl (C=O) groups is 2. The van der Waals surface area contributed by atoms with Gasteiger partial charge in [0.2, 0.25) is 0 Å². The Hall–Kier alpha value is -3.40. The summed E-state index contributed by atoms with van der Waals surface area (Å²) in [4.78, 5) is 24.3. The zero-order valence-electron chi connectivity index (χ0n) is 11.5. The number of rotatable bonds is 2. The van der Waals surface area contributed by atoms with E-state index in [9.17, 15) is 14.9 Å². The van der Waals surface area contributed by atoms with Crippen molar-refractivity contribution in [3.63, 3.8) is 0 Å². The van der Waals surface area contributed by atoms with Crippen LogP contribution in [0.2, 0.25) is 0 Å². The summed E-state index contributed by atoms with van der Waals surface area (Å²) in [6, 6.07) is 10.2. The lowest BCUT2D eigenvalue weighted by Crippen LogP contribution is -2.17. The Kier molecular flexibility index (Phi) is 3.20. The number of para-hydroxylation sites is 1. The smallest absolute Gasteiger partial charge is 0.268 e. The maximum absolute atomic E-state index is 12.2. The number of anilines is 2. The van der Waals surface area contributed by atoms with E-state index >= 15 is 0 Å². The SMILES string of the molecule is Cc1cc(NC(=O)C(C#N)=C2C(=O)Nc3ccccc32)no1.